The maximum Gasteiger partial charge on any atom is 0.143 e. The van der Waals surface area contributed by atoms with Crippen molar-refractivity contribution in [1.29, 1.82) is 0 Å². The molecule has 1 aliphatic heterocycles. The van der Waals surface area contributed by atoms with Gasteiger partial charge in [0.1, 0.15) is 11.9 Å². The van der Waals surface area contributed by atoms with Crippen LogP contribution >= 0.6 is 0 Å². The number of hydrogen-bond donors (Lipinski definition) is 1. The van der Waals surface area contributed by atoms with Gasteiger partial charge in [-0.2, -0.15) is 0 Å². The van der Waals surface area contributed by atoms with Gasteiger partial charge in [0.05, 0.1) is 11.7 Å². The molecule has 3 rings (SSSR count). The number of benzene rings is 1. The molecule has 2 heteroatoms. The molecule has 2 aliphatic rings. The van der Waals surface area contributed by atoms with E-state index in [2.05, 4.69) is 51.2 Å². The van der Waals surface area contributed by atoms with Crippen LogP contribution in [0.5, 0.6) is 5.75 Å². The highest BCUT2D eigenvalue weighted by Crippen LogP contribution is 2.44. The van der Waals surface area contributed by atoms with Crippen LogP contribution in [0.1, 0.15) is 52.0 Å². The van der Waals surface area contributed by atoms with E-state index in [9.17, 15) is 0 Å². The predicted molar refractivity (Wildman–Crippen MR) is 84.4 cm³/mol. The summed E-state index contributed by atoms with van der Waals surface area (Å²) >= 11 is 0. The van der Waals surface area contributed by atoms with E-state index in [-0.39, 0.29) is 0 Å². The van der Waals surface area contributed by atoms with E-state index in [4.69, 9.17) is 4.74 Å². The number of anilines is 1. The standard InChI is InChI=1S/C18H27NO/c1-5-18(3,4)13-7-9-16-15(11-13)19-14-8-6-12(2)10-17(14)20-16/h6,8,10,13,15-16,19H,5,7,9,11H2,1-4H3. The number of nitrogens with one attached hydrogen (secondary N) is 1. The van der Waals surface area contributed by atoms with Crippen molar-refractivity contribution in [1.82, 2.24) is 0 Å². The van der Waals surface area contributed by atoms with Gasteiger partial charge in [-0.3, -0.25) is 0 Å². The van der Waals surface area contributed by atoms with Crippen LogP contribution in [-0.4, -0.2) is 12.1 Å². The third-order valence-corrected chi connectivity index (χ3v) is 5.56. The van der Waals surface area contributed by atoms with Gasteiger partial charge in [0.2, 0.25) is 0 Å². The molecule has 1 aromatic carbocycles. The van der Waals surface area contributed by atoms with Gasteiger partial charge in [0.25, 0.3) is 0 Å². The van der Waals surface area contributed by atoms with Gasteiger partial charge in [0, 0.05) is 0 Å². The van der Waals surface area contributed by atoms with Crippen molar-refractivity contribution in [3.8, 4) is 5.75 Å². The van der Waals surface area contributed by atoms with E-state index in [1.165, 1.54) is 36.9 Å². The molecule has 3 unspecified atom stereocenters. The average Bonchev–Trinajstić information content (AvgIpc) is 2.44. The average molecular weight is 273 g/mol. The molecule has 1 heterocycles. The number of hydrogen-bond acceptors (Lipinski definition) is 2. The molecule has 110 valence electrons. The maximum absolute atomic E-state index is 6.25. The van der Waals surface area contributed by atoms with E-state index >= 15 is 0 Å². The molecule has 1 N–H and O–H groups in total. The van der Waals surface area contributed by atoms with Crippen LogP contribution < -0.4 is 10.1 Å². The number of fused-ring (bicyclic) bond motifs is 2. The Labute approximate surface area is 122 Å². The molecular weight excluding hydrogens is 246 g/mol. The van der Waals surface area contributed by atoms with Crippen molar-refractivity contribution >= 4 is 5.69 Å². The lowest BCUT2D eigenvalue weighted by Gasteiger charge is -2.45. The van der Waals surface area contributed by atoms with Crippen LogP contribution in [-0.2, 0) is 0 Å². The molecule has 0 amide bonds. The lowest BCUT2D eigenvalue weighted by Crippen LogP contribution is -2.48. The highest BCUT2D eigenvalue weighted by Gasteiger charge is 2.40. The summed E-state index contributed by atoms with van der Waals surface area (Å²) in [5.74, 6) is 1.84. The van der Waals surface area contributed by atoms with Crippen LogP contribution in [0.25, 0.3) is 0 Å². The molecule has 3 atom stereocenters. The topological polar surface area (TPSA) is 21.3 Å². The third-order valence-electron chi connectivity index (χ3n) is 5.56. The van der Waals surface area contributed by atoms with Crippen molar-refractivity contribution in [2.45, 2.75) is 65.5 Å². The molecule has 1 aromatic rings. The largest absolute Gasteiger partial charge is 0.486 e. The first-order valence-electron chi connectivity index (χ1n) is 8.03. The summed E-state index contributed by atoms with van der Waals surface area (Å²) in [6.07, 6.45) is 5.32. The van der Waals surface area contributed by atoms with Gasteiger partial charge >= 0.3 is 0 Å². The second-order valence-electron chi connectivity index (χ2n) is 7.26. The lowest BCUT2D eigenvalue weighted by atomic mass is 9.67. The van der Waals surface area contributed by atoms with Crippen LogP contribution in [0.2, 0.25) is 0 Å². The Morgan fingerprint density at radius 1 is 1.30 bits per heavy atom. The van der Waals surface area contributed by atoms with Gasteiger partial charge < -0.3 is 10.1 Å². The fraction of sp³-hybridized carbons (Fsp3) is 0.667. The summed E-state index contributed by atoms with van der Waals surface area (Å²) in [5, 5.41) is 3.73. The molecule has 0 bridgehead atoms. The van der Waals surface area contributed by atoms with Crippen molar-refractivity contribution in [3.05, 3.63) is 23.8 Å². The first-order valence-corrected chi connectivity index (χ1v) is 8.03. The van der Waals surface area contributed by atoms with Crippen molar-refractivity contribution in [2.75, 3.05) is 5.32 Å². The fourth-order valence-electron chi connectivity index (χ4n) is 3.64. The zero-order valence-electron chi connectivity index (χ0n) is 13.2. The number of rotatable bonds is 2. The molecule has 1 saturated carbocycles. The van der Waals surface area contributed by atoms with Crippen molar-refractivity contribution in [3.63, 3.8) is 0 Å². The smallest absolute Gasteiger partial charge is 0.143 e. The van der Waals surface area contributed by atoms with Gasteiger partial charge in [-0.1, -0.05) is 33.3 Å². The summed E-state index contributed by atoms with van der Waals surface area (Å²) in [6.45, 7) is 9.27. The predicted octanol–water partition coefficient (Wildman–Crippen LogP) is 4.77. The molecular formula is C18H27NO. The first kappa shape index (κ1) is 13.8. The molecule has 20 heavy (non-hydrogen) atoms. The van der Waals surface area contributed by atoms with E-state index in [0.717, 1.165) is 11.7 Å². The summed E-state index contributed by atoms with van der Waals surface area (Å²) in [7, 11) is 0. The zero-order valence-corrected chi connectivity index (χ0v) is 13.2. The van der Waals surface area contributed by atoms with Crippen molar-refractivity contribution < 1.29 is 4.74 Å². The van der Waals surface area contributed by atoms with Gasteiger partial charge in [-0.15, -0.1) is 0 Å². The van der Waals surface area contributed by atoms with Crippen LogP contribution in [0.15, 0.2) is 18.2 Å². The Morgan fingerprint density at radius 3 is 2.85 bits per heavy atom. The Hall–Kier alpha value is -1.18. The Morgan fingerprint density at radius 2 is 2.10 bits per heavy atom. The lowest BCUT2D eigenvalue weighted by molar-refractivity contribution is 0.0612. The summed E-state index contributed by atoms with van der Waals surface area (Å²) in [6, 6.07) is 6.96. The van der Waals surface area contributed by atoms with Gasteiger partial charge in [-0.25, -0.2) is 0 Å². The molecule has 1 aliphatic carbocycles. The molecule has 0 spiro atoms. The fourth-order valence-corrected chi connectivity index (χ4v) is 3.64. The summed E-state index contributed by atoms with van der Waals surface area (Å²) < 4.78 is 6.25. The van der Waals surface area contributed by atoms with Crippen LogP contribution in [0.4, 0.5) is 5.69 Å². The van der Waals surface area contributed by atoms with Crippen LogP contribution in [0, 0.1) is 18.3 Å². The second kappa shape index (κ2) is 4.98. The maximum atomic E-state index is 6.25. The van der Waals surface area contributed by atoms with E-state index < -0.39 is 0 Å². The third kappa shape index (κ3) is 2.41. The van der Waals surface area contributed by atoms with E-state index in [0.29, 0.717) is 17.6 Å². The highest BCUT2D eigenvalue weighted by atomic mass is 16.5. The van der Waals surface area contributed by atoms with Gasteiger partial charge in [-0.05, 0) is 55.2 Å². The Balaban J connectivity index is 1.78. The molecule has 0 saturated heterocycles. The quantitative estimate of drug-likeness (QED) is 0.838. The second-order valence-corrected chi connectivity index (χ2v) is 7.26. The number of ether oxygens (including phenoxy) is 1. The molecule has 1 fully saturated rings. The van der Waals surface area contributed by atoms with Crippen LogP contribution in [0.3, 0.4) is 0 Å². The summed E-state index contributed by atoms with van der Waals surface area (Å²) in [4.78, 5) is 0. The zero-order chi connectivity index (χ0) is 14.3. The minimum atomic E-state index is 0.355. The number of aryl methyl sites for hydroxylation is 1. The molecule has 2 nitrogen and oxygen atoms in total. The van der Waals surface area contributed by atoms with E-state index in [1.54, 1.807) is 0 Å². The molecule has 0 radical (unpaired) electrons. The molecule has 0 aromatic heterocycles. The minimum absolute atomic E-state index is 0.355. The van der Waals surface area contributed by atoms with Gasteiger partial charge in [0.15, 0.2) is 0 Å². The Bertz CT molecular complexity index is 494. The first-order chi connectivity index (χ1) is 9.49. The van der Waals surface area contributed by atoms with E-state index in [1.807, 2.05) is 0 Å². The SMILES string of the molecule is CCC(C)(C)C1CCC2Oc3cc(C)ccc3NC2C1. The Kier molecular flexibility index (Phi) is 3.43. The summed E-state index contributed by atoms with van der Waals surface area (Å²) in [5.41, 5.74) is 2.89. The minimum Gasteiger partial charge on any atom is -0.486 e. The normalized spacial score (nSPS) is 28.9. The highest BCUT2D eigenvalue weighted by molar-refractivity contribution is 5.60. The monoisotopic (exact) mass is 273 g/mol. The van der Waals surface area contributed by atoms with Crippen molar-refractivity contribution in [2.24, 2.45) is 11.3 Å².